The third kappa shape index (κ3) is 4.25. The number of aryl methyl sites for hydroxylation is 2. The Kier molecular flexibility index (Phi) is 5.16. The molecule has 0 amide bonds. The summed E-state index contributed by atoms with van der Waals surface area (Å²) in [6.07, 6.45) is 5.33. The van der Waals surface area contributed by atoms with Gasteiger partial charge in [-0.05, 0) is 37.2 Å². The maximum absolute atomic E-state index is 5.97. The van der Waals surface area contributed by atoms with Crippen molar-refractivity contribution in [3.63, 3.8) is 0 Å². The van der Waals surface area contributed by atoms with Gasteiger partial charge in [-0.25, -0.2) is 0 Å². The molecule has 1 atom stereocenters. The number of halogens is 1. The van der Waals surface area contributed by atoms with Crippen molar-refractivity contribution in [1.29, 1.82) is 0 Å². The second-order valence-electron chi connectivity index (χ2n) is 4.63. The Morgan fingerprint density at radius 1 is 1.47 bits per heavy atom. The maximum atomic E-state index is 5.97. The van der Waals surface area contributed by atoms with E-state index in [0.29, 0.717) is 5.92 Å². The van der Waals surface area contributed by atoms with E-state index in [2.05, 4.69) is 25.0 Å². The van der Waals surface area contributed by atoms with Crippen molar-refractivity contribution < 1.29 is 0 Å². The topological polar surface area (TPSA) is 17.8 Å². The van der Waals surface area contributed by atoms with Crippen LogP contribution in [0.1, 0.15) is 32.4 Å². The summed E-state index contributed by atoms with van der Waals surface area (Å²) in [6.45, 7) is 4.51. The minimum absolute atomic E-state index is 0.640. The standard InChI is InChI=1S/C12H21ClN2/c1-10(2)8-11(9-13)4-5-12-6-7-14-15(12)3/h6-7,10-11H,4-5,8-9H2,1-3H3. The van der Waals surface area contributed by atoms with Crippen LogP contribution in [-0.4, -0.2) is 15.7 Å². The summed E-state index contributed by atoms with van der Waals surface area (Å²) in [7, 11) is 1.99. The first-order chi connectivity index (χ1) is 7.13. The quantitative estimate of drug-likeness (QED) is 0.684. The van der Waals surface area contributed by atoms with Crippen LogP contribution in [0, 0.1) is 11.8 Å². The molecule has 1 unspecified atom stereocenters. The predicted octanol–water partition coefficient (Wildman–Crippen LogP) is 3.25. The molecule has 0 saturated heterocycles. The van der Waals surface area contributed by atoms with Gasteiger partial charge in [0.05, 0.1) is 0 Å². The first-order valence-electron chi connectivity index (χ1n) is 5.66. The zero-order valence-corrected chi connectivity index (χ0v) is 10.7. The molecule has 0 bridgehead atoms. The van der Waals surface area contributed by atoms with Crippen LogP contribution < -0.4 is 0 Å². The molecule has 1 rings (SSSR count). The first-order valence-corrected chi connectivity index (χ1v) is 6.19. The highest BCUT2D eigenvalue weighted by Crippen LogP contribution is 2.19. The average molecular weight is 229 g/mol. The first kappa shape index (κ1) is 12.6. The van der Waals surface area contributed by atoms with Crippen LogP contribution in [0.25, 0.3) is 0 Å². The van der Waals surface area contributed by atoms with E-state index in [9.17, 15) is 0 Å². The zero-order chi connectivity index (χ0) is 11.3. The summed E-state index contributed by atoms with van der Waals surface area (Å²) < 4.78 is 1.95. The second kappa shape index (κ2) is 6.16. The monoisotopic (exact) mass is 228 g/mol. The van der Waals surface area contributed by atoms with Gasteiger partial charge in [0.15, 0.2) is 0 Å². The minimum atomic E-state index is 0.640. The number of nitrogens with zero attached hydrogens (tertiary/aromatic N) is 2. The Labute approximate surface area is 97.6 Å². The fourth-order valence-electron chi connectivity index (χ4n) is 1.92. The van der Waals surface area contributed by atoms with Crippen LogP contribution in [0.5, 0.6) is 0 Å². The van der Waals surface area contributed by atoms with Crippen LogP contribution in [0.15, 0.2) is 12.3 Å². The van der Waals surface area contributed by atoms with Crippen LogP contribution in [0.4, 0.5) is 0 Å². The summed E-state index contributed by atoms with van der Waals surface area (Å²) >= 11 is 5.97. The van der Waals surface area contributed by atoms with Crippen molar-refractivity contribution in [1.82, 2.24) is 9.78 Å². The Morgan fingerprint density at radius 2 is 2.20 bits per heavy atom. The number of alkyl halides is 1. The van der Waals surface area contributed by atoms with Gasteiger partial charge in [0, 0.05) is 24.8 Å². The van der Waals surface area contributed by atoms with Crippen molar-refractivity contribution in [2.75, 3.05) is 5.88 Å². The fraction of sp³-hybridized carbons (Fsp3) is 0.750. The Bertz CT molecular complexity index is 281. The molecule has 2 nitrogen and oxygen atoms in total. The summed E-state index contributed by atoms with van der Waals surface area (Å²) in [4.78, 5) is 0. The van der Waals surface area contributed by atoms with Crippen LogP contribution in [-0.2, 0) is 13.5 Å². The Morgan fingerprint density at radius 3 is 2.67 bits per heavy atom. The third-order valence-electron chi connectivity index (χ3n) is 2.75. The van der Waals surface area contributed by atoms with Crippen molar-refractivity contribution in [3.8, 4) is 0 Å². The highest BCUT2D eigenvalue weighted by atomic mass is 35.5. The fourth-order valence-corrected chi connectivity index (χ4v) is 2.20. The highest BCUT2D eigenvalue weighted by molar-refractivity contribution is 6.18. The molecular formula is C12H21ClN2. The van der Waals surface area contributed by atoms with E-state index < -0.39 is 0 Å². The smallest absolute Gasteiger partial charge is 0.0492 e. The molecule has 0 aliphatic heterocycles. The molecule has 0 radical (unpaired) electrons. The zero-order valence-electron chi connectivity index (χ0n) is 9.91. The summed E-state index contributed by atoms with van der Waals surface area (Å²) in [5, 5.41) is 4.17. The lowest BCUT2D eigenvalue weighted by Gasteiger charge is -2.15. The molecule has 0 aliphatic carbocycles. The molecule has 15 heavy (non-hydrogen) atoms. The lowest BCUT2D eigenvalue weighted by molar-refractivity contribution is 0.415. The van der Waals surface area contributed by atoms with E-state index in [4.69, 9.17) is 11.6 Å². The van der Waals surface area contributed by atoms with Gasteiger partial charge in [-0.3, -0.25) is 4.68 Å². The largest absolute Gasteiger partial charge is 0.273 e. The van der Waals surface area contributed by atoms with Crippen LogP contribution in [0.2, 0.25) is 0 Å². The van der Waals surface area contributed by atoms with Gasteiger partial charge in [-0.2, -0.15) is 5.10 Å². The number of hydrogen-bond acceptors (Lipinski definition) is 1. The van der Waals surface area contributed by atoms with Crippen LogP contribution in [0.3, 0.4) is 0 Å². The van der Waals surface area contributed by atoms with E-state index >= 15 is 0 Å². The van der Waals surface area contributed by atoms with Gasteiger partial charge in [0.25, 0.3) is 0 Å². The van der Waals surface area contributed by atoms with Crippen molar-refractivity contribution >= 4 is 11.6 Å². The van der Waals surface area contributed by atoms with E-state index in [-0.39, 0.29) is 0 Å². The molecule has 3 heteroatoms. The lowest BCUT2D eigenvalue weighted by Crippen LogP contribution is -2.09. The lowest BCUT2D eigenvalue weighted by atomic mass is 9.94. The summed E-state index contributed by atoms with van der Waals surface area (Å²) in [6, 6.07) is 2.08. The number of aromatic nitrogens is 2. The molecule has 0 fully saturated rings. The molecule has 0 N–H and O–H groups in total. The molecule has 1 aromatic rings. The average Bonchev–Trinajstić information content (AvgIpc) is 2.58. The molecule has 1 aromatic heterocycles. The molecule has 86 valence electrons. The molecule has 0 aliphatic rings. The van der Waals surface area contributed by atoms with E-state index in [1.165, 1.54) is 18.5 Å². The van der Waals surface area contributed by atoms with Gasteiger partial charge in [-0.15, -0.1) is 11.6 Å². The molecule has 0 aromatic carbocycles. The maximum Gasteiger partial charge on any atom is 0.0492 e. The SMILES string of the molecule is CC(C)CC(CCl)CCc1ccnn1C. The van der Waals surface area contributed by atoms with Gasteiger partial charge in [0.2, 0.25) is 0 Å². The Hall–Kier alpha value is -0.500. The van der Waals surface area contributed by atoms with E-state index in [1.807, 2.05) is 17.9 Å². The minimum Gasteiger partial charge on any atom is -0.273 e. The normalized spacial score (nSPS) is 13.4. The van der Waals surface area contributed by atoms with Gasteiger partial charge < -0.3 is 0 Å². The van der Waals surface area contributed by atoms with Gasteiger partial charge in [0.1, 0.15) is 0 Å². The van der Waals surface area contributed by atoms with Gasteiger partial charge >= 0.3 is 0 Å². The van der Waals surface area contributed by atoms with Crippen LogP contribution >= 0.6 is 11.6 Å². The molecule has 0 saturated carbocycles. The molecule has 0 spiro atoms. The van der Waals surface area contributed by atoms with Crippen molar-refractivity contribution in [2.45, 2.75) is 33.1 Å². The predicted molar refractivity (Wildman–Crippen MR) is 65.2 cm³/mol. The molecule has 1 heterocycles. The van der Waals surface area contributed by atoms with Crippen molar-refractivity contribution in [3.05, 3.63) is 18.0 Å². The van der Waals surface area contributed by atoms with Gasteiger partial charge in [-0.1, -0.05) is 13.8 Å². The number of rotatable bonds is 6. The second-order valence-corrected chi connectivity index (χ2v) is 4.94. The third-order valence-corrected chi connectivity index (χ3v) is 3.19. The summed E-state index contributed by atoms with van der Waals surface area (Å²) in [5.41, 5.74) is 1.30. The van der Waals surface area contributed by atoms with Crippen molar-refractivity contribution in [2.24, 2.45) is 18.9 Å². The van der Waals surface area contributed by atoms with E-state index in [1.54, 1.807) is 0 Å². The summed E-state index contributed by atoms with van der Waals surface area (Å²) in [5.74, 6) is 2.15. The van der Waals surface area contributed by atoms with E-state index in [0.717, 1.165) is 18.2 Å². The molecular weight excluding hydrogens is 208 g/mol. The number of hydrogen-bond donors (Lipinski definition) is 0. The Balaban J connectivity index is 2.37. The highest BCUT2D eigenvalue weighted by Gasteiger charge is 2.10.